The van der Waals surface area contributed by atoms with E-state index in [9.17, 15) is 0 Å². The first-order chi connectivity index (χ1) is 10.6. The van der Waals surface area contributed by atoms with Crippen LogP contribution in [0.3, 0.4) is 0 Å². The lowest BCUT2D eigenvalue weighted by Gasteiger charge is -2.15. The van der Waals surface area contributed by atoms with Gasteiger partial charge in [0.25, 0.3) is 0 Å². The lowest BCUT2D eigenvalue weighted by atomic mass is 10.1. The van der Waals surface area contributed by atoms with Crippen molar-refractivity contribution in [1.29, 1.82) is 0 Å². The van der Waals surface area contributed by atoms with Crippen LogP contribution in [-0.4, -0.2) is 13.2 Å². The normalized spacial score (nSPS) is 12.2. The number of aryl methyl sites for hydroxylation is 1. The molecule has 0 aliphatic heterocycles. The van der Waals surface area contributed by atoms with Gasteiger partial charge in [0, 0.05) is 12.6 Å². The average Bonchev–Trinajstić information content (AvgIpc) is 2.52. The summed E-state index contributed by atoms with van der Waals surface area (Å²) in [5, 5.41) is 4.59. The molecular formula is C18H21Cl2NO. The molecule has 1 atom stereocenters. The minimum Gasteiger partial charge on any atom is -0.494 e. The van der Waals surface area contributed by atoms with Crippen LogP contribution in [-0.2, 0) is 13.0 Å². The van der Waals surface area contributed by atoms with Crippen molar-refractivity contribution in [2.24, 2.45) is 0 Å². The van der Waals surface area contributed by atoms with Gasteiger partial charge in [0.05, 0.1) is 17.2 Å². The molecule has 0 amide bonds. The van der Waals surface area contributed by atoms with Crippen LogP contribution < -0.4 is 10.1 Å². The molecule has 4 heteroatoms. The summed E-state index contributed by atoms with van der Waals surface area (Å²) in [6.45, 7) is 2.93. The Hall–Kier alpha value is -1.22. The number of ether oxygens (including phenoxy) is 1. The van der Waals surface area contributed by atoms with E-state index in [1.165, 1.54) is 5.56 Å². The van der Waals surface area contributed by atoms with E-state index in [1.807, 2.05) is 18.2 Å². The molecule has 0 unspecified atom stereocenters. The van der Waals surface area contributed by atoms with Crippen molar-refractivity contribution in [1.82, 2.24) is 5.32 Å². The maximum Gasteiger partial charge on any atom is 0.156 e. The van der Waals surface area contributed by atoms with Crippen LogP contribution in [0.25, 0.3) is 0 Å². The molecule has 0 radical (unpaired) electrons. The Labute approximate surface area is 142 Å². The quantitative estimate of drug-likeness (QED) is 0.757. The fourth-order valence-corrected chi connectivity index (χ4v) is 3.02. The van der Waals surface area contributed by atoms with Crippen molar-refractivity contribution in [3.8, 4) is 5.75 Å². The van der Waals surface area contributed by atoms with E-state index in [0.717, 1.165) is 24.9 Å². The summed E-state index contributed by atoms with van der Waals surface area (Å²) in [6.07, 6.45) is 2.15. The van der Waals surface area contributed by atoms with Crippen LogP contribution in [0.4, 0.5) is 0 Å². The van der Waals surface area contributed by atoms with Gasteiger partial charge in [-0.05, 0) is 43.0 Å². The van der Waals surface area contributed by atoms with Crippen molar-refractivity contribution in [2.75, 3.05) is 7.11 Å². The Morgan fingerprint density at radius 3 is 2.27 bits per heavy atom. The molecule has 0 aliphatic rings. The van der Waals surface area contributed by atoms with Crippen molar-refractivity contribution in [2.45, 2.75) is 32.4 Å². The van der Waals surface area contributed by atoms with Crippen LogP contribution in [0.2, 0.25) is 10.0 Å². The highest BCUT2D eigenvalue weighted by molar-refractivity contribution is 6.37. The minimum absolute atomic E-state index is 0.417. The van der Waals surface area contributed by atoms with Gasteiger partial charge in [-0.3, -0.25) is 0 Å². The molecule has 22 heavy (non-hydrogen) atoms. The van der Waals surface area contributed by atoms with E-state index >= 15 is 0 Å². The molecule has 0 aromatic heterocycles. The molecule has 2 nitrogen and oxygen atoms in total. The molecule has 2 rings (SSSR count). The van der Waals surface area contributed by atoms with Crippen molar-refractivity contribution < 1.29 is 4.74 Å². The molecule has 0 aliphatic carbocycles. The monoisotopic (exact) mass is 337 g/mol. The highest BCUT2D eigenvalue weighted by Crippen LogP contribution is 2.33. The zero-order valence-electron chi connectivity index (χ0n) is 12.9. The third kappa shape index (κ3) is 4.91. The Morgan fingerprint density at radius 1 is 1.05 bits per heavy atom. The summed E-state index contributed by atoms with van der Waals surface area (Å²) in [5.74, 6) is 0.532. The van der Waals surface area contributed by atoms with Gasteiger partial charge in [0.2, 0.25) is 0 Å². The topological polar surface area (TPSA) is 21.3 Å². The largest absolute Gasteiger partial charge is 0.494 e. The van der Waals surface area contributed by atoms with Crippen LogP contribution in [0.15, 0.2) is 42.5 Å². The van der Waals surface area contributed by atoms with Crippen LogP contribution in [0.5, 0.6) is 5.75 Å². The van der Waals surface area contributed by atoms with E-state index in [2.05, 4.69) is 36.5 Å². The van der Waals surface area contributed by atoms with E-state index in [4.69, 9.17) is 27.9 Å². The van der Waals surface area contributed by atoms with Gasteiger partial charge in [-0.1, -0.05) is 53.5 Å². The first-order valence-electron chi connectivity index (χ1n) is 7.39. The SMILES string of the molecule is COc1c(Cl)cc(CN[C@H](C)CCc2ccccc2)cc1Cl. The molecule has 0 bridgehead atoms. The van der Waals surface area contributed by atoms with E-state index < -0.39 is 0 Å². The highest BCUT2D eigenvalue weighted by atomic mass is 35.5. The molecule has 1 N–H and O–H groups in total. The van der Waals surface area contributed by atoms with Gasteiger partial charge in [0.15, 0.2) is 5.75 Å². The molecule has 118 valence electrons. The van der Waals surface area contributed by atoms with Gasteiger partial charge in [-0.15, -0.1) is 0 Å². The summed E-state index contributed by atoms with van der Waals surface area (Å²) in [4.78, 5) is 0. The molecule has 2 aromatic rings. The van der Waals surface area contributed by atoms with Gasteiger partial charge in [-0.25, -0.2) is 0 Å². The van der Waals surface area contributed by atoms with Crippen molar-refractivity contribution in [3.05, 3.63) is 63.6 Å². The van der Waals surface area contributed by atoms with Crippen LogP contribution in [0.1, 0.15) is 24.5 Å². The van der Waals surface area contributed by atoms with E-state index in [-0.39, 0.29) is 0 Å². The Bertz CT molecular complexity index is 578. The average molecular weight is 338 g/mol. The summed E-state index contributed by atoms with van der Waals surface area (Å²) in [5.41, 5.74) is 2.43. The molecule has 0 heterocycles. The van der Waals surface area contributed by atoms with E-state index in [0.29, 0.717) is 21.8 Å². The molecular weight excluding hydrogens is 317 g/mol. The number of hydrogen-bond donors (Lipinski definition) is 1. The third-order valence-electron chi connectivity index (χ3n) is 3.63. The lowest BCUT2D eigenvalue weighted by molar-refractivity contribution is 0.415. The lowest BCUT2D eigenvalue weighted by Crippen LogP contribution is -2.26. The second-order valence-corrected chi connectivity index (χ2v) is 6.21. The predicted molar refractivity (Wildman–Crippen MR) is 94.1 cm³/mol. The number of methoxy groups -OCH3 is 1. The molecule has 0 fully saturated rings. The van der Waals surface area contributed by atoms with Gasteiger partial charge in [0.1, 0.15) is 0 Å². The van der Waals surface area contributed by atoms with Crippen molar-refractivity contribution >= 4 is 23.2 Å². The molecule has 0 spiro atoms. The fourth-order valence-electron chi connectivity index (χ4n) is 2.33. The van der Waals surface area contributed by atoms with Crippen LogP contribution in [0, 0.1) is 0 Å². The first kappa shape index (κ1) is 17.1. The maximum atomic E-state index is 6.15. The molecule has 0 saturated carbocycles. The van der Waals surface area contributed by atoms with Gasteiger partial charge >= 0.3 is 0 Å². The van der Waals surface area contributed by atoms with Crippen molar-refractivity contribution in [3.63, 3.8) is 0 Å². The highest BCUT2D eigenvalue weighted by Gasteiger charge is 2.09. The summed E-state index contributed by atoms with van der Waals surface area (Å²) >= 11 is 12.3. The predicted octanol–water partition coefficient (Wildman–Crippen LogP) is 5.11. The third-order valence-corrected chi connectivity index (χ3v) is 4.19. The zero-order chi connectivity index (χ0) is 15.9. The number of nitrogens with one attached hydrogen (secondary N) is 1. The maximum absolute atomic E-state index is 6.15. The standard InChI is InChI=1S/C18H21Cl2NO/c1-13(8-9-14-6-4-3-5-7-14)21-12-15-10-16(19)18(22-2)17(20)11-15/h3-7,10-11,13,21H,8-9,12H2,1-2H3/t13-/m1/s1. The fraction of sp³-hybridized carbons (Fsp3) is 0.333. The second kappa shape index (κ2) is 8.42. The summed E-state index contributed by atoms with van der Waals surface area (Å²) in [6, 6.07) is 14.7. The van der Waals surface area contributed by atoms with E-state index in [1.54, 1.807) is 7.11 Å². The summed E-state index contributed by atoms with van der Waals surface area (Å²) < 4.78 is 5.16. The van der Waals surface area contributed by atoms with Gasteiger partial charge < -0.3 is 10.1 Å². The number of halogens is 2. The first-order valence-corrected chi connectivity index (χ1v) is 8.15. The Kier molecular flexibility index (Phi) is 6.56. The minimum atomic E-state index is 0.417. The molecule has 2 aromatic carbocycles. The van der Waals surface area contributed by atoms with Crippen LogP contribution >= 0.6 is 23.2 Å². The summed E-state index contributed by atoms with van der Waals surface area (Å²) in [7, 11) is 1.57. The number of hydrogen-bond acceptors (Lipinski definition) is 2. The van der Waals surface area contributed by atoms with Gasteiger partial charge in [-0.2, -0.15) is 0 Å². The Balaban J connectivity index is 1.85. The smallest absolute Gasteiger partial charge is 0.156 e. The zero-order valence-corrected chi connectivity index (χ0v) is 14.4. The number of benzene rings is 2. The second-order valence-electron chi connectivity index (χ2n) is 5.40. The Morgan fingerprint density at radius 2 is 1.68 bits per heavy atom. The molecule has 0 saturated heterocycles. The number of rotatable bonds is 7.